The Balaban J connectivity index is 1.18. The average molecular weight is 691 g/mol. The molecule has 1 aliphatic rings. The van der Waals surface area contributed by atoms with Crippen LogP contribution in [0.25, 0.3) is 28.2 Å². The Labute approximate surface area is 298 Å². The number of benzene rings is 5. The van der Waals surface area contributed by atoms with Gasteiger partial charge in [-0.3, -0.25) is 14.5 Å². The van der Waals surface area contributed by atoms with E-state index in [0.717, 1.165) is 11.1 Å². The summed E-state index contributed by atoms with van der Waals surface area (Å²) in [4.78, 5) is 50.9. The lowest BCUT2D eigenvalue weighted by molar-refractivity contribution is -0.116. The van der Waals surface area contributed by atoms with Crippen molar-refractivity contribution in [3.63, 3.8) is 0 Å². The molecule has 2 heterocycles. The summed E-state index contributed by atoms with van der Waals surface area (Å²) >= 11 is 1.18. The molecule has 10 heteroatoms. The fourth-order valence-electron chi connectivity index (χ4n) is 5.68. The third-order valence-electron chi connectivity index (χ3n) is 8.22. The van der Waals surface area contributed by atoms with Crippen molar-refractivity contribution in [3.05, 3.63) is 162 Å². The number of thioether (sulfide) groups is 1. The number of fused-ring (bicyclic) bond motifs is 1. The van der Waals surface area contributed by atoms with Crippen molar-refractivity contribution in [2.75, 3.05) is 17.3 Å². The van der Waals surface area contributed by atoms with Crippen LogP contribution in [-0.2, 0) is 9.59 Å². The standard InChI is InChI=1S/C41H30N4O5S/c1-50-31-22-16-26(17-23-31)24-36-39(47)45(30-12-6-3-7-13-30)41(44-36)51-37(28-10-4-2-5-11-28)38(46)42-29-20-18-27(19-21-29)35-25-33(40(48)49)32-14-8-9-15-34(32)43-35/h2-25,37H,1H3,(H,42,46)(H,48,49)/b36-24-. The van der Waals surface area contributed by atoms with Gasteiger partial charge in [-0.15, -0.1) is 0 Å². The van der Waals surface area contributed by atoms with Crippen LogP contribution >= 0.6 is 11.8 Å². The first-order valence-electron chi connectivity index (χ1n) is 16.0. The highest BCUT2D eigenvalue weighted by Gasteiger charge is 2.36. The molecule has 0 saturated heterocycles. The van der Waals surface area contributed by atoms with Crippen molar-refractivity contribution in [2.24, 2.45) is 4.99 Å². The Morgan fingerprint density at radius 1 is 0.843 bits per heavy atom. The maximum atomic E-state index is 14.1. The van der Waals surface area contributed by atoms with Crippen molar-refractivity contribution in [1.82, 2.24) is 4.98 Å². The summed E-state index contributed by atoms with van der Waals surface area (Å²) in [5, 5.41) is 13.0. The molecule has 0 spiro atoms. The third kappa shape index (κ3) is 7.12. The minimum absolute atomic E-state index is 0.163. The normalized spacial score (nSPS) is 14.0. The molecule has 0 saturated carbocycles. The number of hydrogen-bond acceptors (Lipinski definition) is 7. The zero-order valence-corrected chi connectivity index (χ0v) is 28.1. The van der Waals surface area contributed by atoms with Crippen LogP contribution in [0.15, 0.2) is 150 Å². The van der Waals surface area contributed by atoms with Crippen LogP contribution in [0.3, 0.4) is 0 Å². The number of amidine groups is 1. The topological polar surface area (TPSA) is 121 Å². The Kier molecular flexibility index (Phi) is 9.40. The molecular formula is C41H30N4O5S. The van der Waals surface area contributed by atoms with E-state index < -0.39 is 11.2 Å². The van der Waals surface area contributed by atoms with E-state index in [1.165, 1.54) is 16.7 Å². The second kappa shape index (κ2) is 14.5. The summed E-state index contributed by atoms with van der Waals surface area (Å²) in [6.07, 6.45) is 1.72. The molecule has 6 aromatic rings. The minimum Gasteiger partial charge on any atom is -0.497 e. The smallest absolute Gasteiger partial charge is 0.336 e. The van der Waals surface area contributed by atoms with Crippen LogP contribution in [0.2, 0.25) is 0 Å². The lowest BCUT2D eigenvalue weighted by atomic mass is 10.0. The number of carboxylic acid groups (broad SMARTS) is 1. The molecule has 7 rings (SSSR count). The van der Waals surface area contributed by atoms with Crippen molar-refractivity contribution in [1.29, 1.82) is 0 Å². The van der Waals surface area contributed by atoms with Crippen LogP contribution in [0.5, 0.6) is 5.75 Å². The van der Waals surface area contributed by atoms with Gasteiger partial charge >= 0.3 is 5.97 Å². The highest BCUT2D eigenvalue weighted by Crippen LogP contribution is 2.38. The van der Waals surface area contributed by atoms with Gasteiger partial charge in [-0.1, -0.05) is 103 Å². The molecule has 0 aliphatic carbocycles. The SMILES string of the molecule is COc1ccc(/C=C2\N=C(SC(C(=O)Nc3ccc(-c4cc(C(=O)O)c5ccccc5n4)cc3)c3ccccc3)N(c3ccccc3)C2=O)cc1. The quantitative estimate of drug-likeness (QED) is 0.146. The number of amides is 2. The first-order chi connectivity index (χ1) is 24.9. The Bertz CT molecular complexity index is 2310. The predicted octanol–water partition coefficient (Wildman–Crippen LogP) is 8.47. The maximum absolute atomic E-state index is 14.1. The number of carboxylic acids is 1. The number of aliphatic imine (C=N–C) groups is 1. The van der Waals surface area contributed by atoms with Gasteiger partial charge in [0, 0.05) is 16.6 Å². The lowest BCUT2D eigenvalue weighted by Gasteiger charge is -2.22. The average Bonchev–Trinajstić information content (AvgIpc) is 3.47. The van der Waals surface area contributed by atoms with E-state index in [-0.39, 0.29) is 23.1 Å². The van der Waals surface area contributed by atoms with Crippen LogP contribution < -0.4 is 15.0 Å². The van der Waals surface area contributed by atoms with Gasteiger partial charge in [-0.2, -0.15) is 0 Å². The number of carbonyl (C=O) groups excluding carboxylic acids is 2. The molecular weight excluding hydrogens is 661 g/mol. The zero-order valence-electron chi connectivity index (χ0n) is 27.3. The molecule has 1 atom stereocenters. The van der Waals surface area contributed by atoms with Crippen LogP contribution in [0.4, 0.5) is 11.4 Å². The second-order valence-electron chi connectivity index (χ2n) is 11.5. The van der Waals surface area contributed by atoms with E-state index in [4.69, 9.17) is 9.73 Å². The van der Waals surface area contributed by atoms with Gasteiger partial charge in [0.15, 0.2) is 5.17 Å². The third-order valence-corrected chi connectivity index (χ3v) is 9.43. The number of aromatic nitrogens is 1. The lowest BCUT2D eigenvalue weighted by Crippen LogP contribution is -2.32. The van der Waals surface area contributed by atoms with Gasteiger partial charge < -0.3 is 15.2 Å². The molecule has 2 amide bonds. The van der Waals surface area contributed by atoms with E-state index in [0.29, 0.717) is 44.5 Å². The van der Waals surface area contributed by atoms with E-state index in [9.17, 15) is 19.5 Å². The summed E-state index contributed by atoms with van der Waals surface area (Å²) < 4.78 is 5.27. The van der Waals surface area contributed by atoms with Crippen molar-refractivity contribution >= 4 is 63.1 Å². The monoisotopic (exact) mass is 690 g/mol. The van der Waals surface area contributed by atoms with Crippen molar-refractivity contribution in [2.45, 2.75) is 5.25 Å². The Morgan fingerprint density at radius 3 is 2.20 bits per heavy atom. The number of nitrogens with zero attached hydrogens (tertiary/aromatic N) is 3. The Morgan fingerprint density at radius 2 is 1.51 bits per heavy atom. The van der Waals surface area contributed by atoms with Crippen LogP contribution in [0.1, 0.15) is 26.7 Å². The minimum atomic E-state index is -1.04. The number of pyridine rings is 1. The summed E-state index contributed by atoms with van der Waals surface area (Å²) in [5.74, 6) is -0.960. The second-order valence-corrected chi connectivity index (χ2v) is 12.6. The highest BCUT2D eigenvalue weighted by molar-refractivity contribution is 8.15. The fourth-order valence-corrected chi connectivity index (χ4v) is 6.79. The highest BCUT2D eigenvalue weighted by atomic mass is 32.2. The number of ether oxygens (including phenoxy) is 1. The van der Waals surface area contributed by atoms with Crippen LogP contribution in [0, 0.1) is 0 Å². The van der Waals surface area contributed by atoms with Gasteiger partial charge in [0.1, 0.15) is 16.7 Å². The number of rotatable bonds is 9. The number of carbonyl (C=O) groups is 3. The summed E-state index contributed by atoms with van der Waals surface area (Å²) in [5.41, 5.74) is 4.85. The maximum Gasteiger partial charge on any atom is 0.336 e. The predicted molar refractivity (Wildman–Crippen MR) is 202 cm³/mol. The number of anilines is 2. The number of methoxy groups -OCH3 is 1. The number of nitrogens with one attached hydrogen (secondary N) is 1. The van der Waals surface area contributed by atoms with Crippen molar-refractivity contribution in [3.8, 4) is 17.0 Å². The zero-order chi connectivity index (χ0) is 35.3. The Hall–Kier alpha value is -6.52. The molecule has 1 aliphatic heterocycles. The van der Waals surface area contributed by atoms with Crippen LogP contribution in [-0.4, -0.2) is 40.2 Å². The molecule has 9 nitrogen and oxygen atoms in total. The number of para-hydroxylation sites is 2. The first kappa shape index (κ1) is 33.0. The van der Waals surface area contributed by atoms with Crippen molar-refractivity contribution < 1.29 is 24.2 Å². The molecule has 2 N–H and O–H groups in total. The molecule has 0 fully saturated rings. The van der Waals surface area contributed by atoms with Gasteiger partial charge in [0.2, 0.25) is 5.91 Å². The molecule has 1 unspecified atom stereocenters. The molecule has 0 radical (unpaired) electrons. The summed E-state index contributed by atoms with van der Waals surface area (Å²) in [6, 6.07) is 41.6. The summed E-state index contributed by atoms with van der Waals surface area (Å²) in [6.45, 7) is 0. The molecule has 1 aromatic heterocycles. The van der Waals surface area contributed by atoms with E-state index in [2.05, 4.69) is 10.3 Å². The fraction of sp³-hybridized carbons (Fsp3) is 0.0488. The first-order valence-corrected chi connectivity index (χ1v) is 16.9. The van der Waals surface area contributed by atoms with Gasteiger partial charge in [0.05, 0.1) is 29.6 Å². The number of hydrogen-bond donors (Lipinski definition) is 2. The summed E-state index contributed by atoms with van der Waals surface area (Å²) in [7, 11) is 1.59. The molecule has 51 heavy (non-hydrogen) atoms. The van der Waals surface area contributed by atoms with E-state index in [1.54, 1.807) is 61.7 Å². The largest absolute Gasteiger partial charge is 0.497 e. The van der Waals surface area contributed by atoms with Gasteiger partial charge in [-0.05, 0) is 65.7 Å². The molecule has 250 valence electrons. The van der Waals surface area contributed by atoms with Gasteiger partial charge in [-0.25, -0.2) is 14.8 Å². The van der Waals surface area contributed by atoms with E-state index >= 15 is 0 Å². The van der Waals surface area contributed by atoms with Gasteiger partial charge in [0.25, 0.3) is 5.91 Å². The molecule has 5 aromatic carbocycles. The van der Waals surface area contributed by atoms with E-state index in [1.807, 2.05) is 91.0 Å². The molecule has 0 bridgehead atoms. The number of aromatic carboxylic acids is 1.